The van der Waals surface area contributed by atoms with Crippen LogP contribution in [0, 0.1) is 0 Å². The lowest BCUT2D eigenvalue weighted by atomic mass is 10.3. The van der Waals surface area contributed by atoms with Gasteiger partial charge in [-0.25, -0.2) is 0 Å². The van der Waals surface area contributed by atoms with Crippen molar-refractivity contribution in [3.8, 4) is 0 Å². The molecule has 6 heteroatoms. The first kappa shape index (κ1) is 13.3. The van der Waals surface area contributed by atoms with Gasteiger partial charge in [0.1, 0.15) is 0 Å². The maximum absolute atomic E-state index is 5.61. The highest BCUT2D eigenvalue weighted by Crippen LogP contribution is 2.15. The average molecular weight is 248 g/mol. The van der Waals surface area contributed by atoms with E-state index in [0.717, 1.165) is 6.54 Å². The van der Waals surface area contributed by atoms with Gasteiger partial charge in [0.25, 0.3) is 0 Å². The molecule has 0 fully saturated rings. The van der Waals surface area contributed by atoms with Crippen molar-refractivity contribution in [2.45, 2.75) is 26.3 Å². The molecule has 5 nitrogen and oxygen atoms in total. The number of nitrogens with zero attached hydrogens (tertiary/aromatic N) is 3. The van der Waals surface area contributed by atoms with Crippen molar-refractivity contribution < 1.29 is 9.15 Å². The smallest absolute Gasteiger partial charge is 0.318 e. The number of alkyl halides is 1. The second-order valence-corrected chi connectivity index (χ2v) is 3.89. The van der Waals surface area contributed by atoms with Gasteiger partial charge < -0.3 is 14.1 Å². The fourth-order valence-corrected chi connectivity index (χ4v) is 1.67. The SMILES string of the molecule is CCN(c1nnc(CCCl)o1)C(C)COC. The minimum atomic E-state index is 0.208. The third kappa shape index (κ3) is 3.35. The second kappa shape index (κ2) is 6.70. The summed E-state index contributed by atoms with van der Waals surface area (Å²) >= 11 is 5.61. The molecule has 1 rings (SSSR count). The van der Waals surface area contributed by atoms with E-state index in [1.165, 1.54) is 0 Å². The molecule has 1 aromatic rings. The number of hydrogen-bond donors (Lipinski definition) is 0. The van der Waals surface area contributed by atoms with Gasteiger partial charge in [0.05, 0.1) is 12.6 Å². The molecule has 92 valence electrons. The van der Waals surface area contributed by atoms with Crippen LogP contribution in [0.15, 0.2) is 4.42 Å². The minimum Gasteiger partial charge on any atom is -0.408 e. The predicted octanol–water partition coefficient (Wildman–Crippen LogP) is 1.71. The molecule has 0 saturated heterocycles. The summed E-state index contributed by atoms with van der Waals surface area (Å²) in [5.74, 6) is 1.06. The van der Waals surface area contributed by atoms with Gasteiger partial charge in [0.2, 0.25) is 5.89 Å². The van der Waals surface area contributed by atoms with Gasteiger partial charge in [-0.05, 0) is 13.8 Å². The highest BCUT2D eigenvalue weighted by molar-refractivity contribution is 6.17. The predicted molar refractivity (Wildman–Crippen MR) is 63.1 cm³/mol. The summed E-state index contributed by atoms with van der Waals surface area (Å²) < 4.78 is 10.6. The van der Waals surface area contributed by atoms with Crippen LogP contribution in [0.1, 0.15) is 19.7 Å². The number of anilines is 1. The lowest BCUT2D eigenvalue weighted by Crippen LogP contribution is -2.36. The number of likely N-dealkylation sites (N-methyl/N-ethyl adjacent to an activating group) is 1. The molecule has 0 amide bonds. The summed E-state index contributed by atoms with van der Waals surface area (Å²) in [6, 6.07) is 0.742. The quantitative estimate of drug-likeness (QED) is 0.687. The molecule has 1 unspecified atom stereocenters. The zero-order valence-corrected chi connectivity index (χ0v) is 10.7. The molecule has 0 spiro atoms. The van der Waals surface area contributed by atoms with Crippen LogP contribution < -0.4 is 4.90 Å². The largest absolute Gasteiger partial charge is 0.408 e. The molecule has 1 aromatic heterocycles. The number of hydrogen-bond acceptors (Lipinski definition) is 5. The highest BCUT2D eigenvalue weighted by atomic mass is 35.5. The van der Waals surface area contributed by atoms with Crippen molar-refractivity contribution >= 4 is 17.6 Å². The Hall–Kier alpha value is -0.810. The van der Waals surface area contributed by atoms with E-state index in [-0.39, 0.29) is 6.04 Å². The van der Waals surface area contributed by atoms with Gasteiger partial charge in [-0.3, -0.25) is 0 Å². The molecular weight excluding hydrogens is 230 g/mol. The molecule has 0 bridgehead atoms. The fourth-order valence-electron chi connectivity index (χ4n) is 1.51. The Labute approximate surface area is 101 Å². The number of methoxy groups -OCH3 is 1. The zero-order chi connectivity index (χ0) is 12.0. The summed E-state index contributed by atoms with van der Waals surface area (Å²) in [7, 11) is 1.68. The van der Waals surface area contributed by atoms with Crippen LogP contribution in [-0.4, -0.2) is 42.4 Å². The average Bonchev–Trinajstić information content (AvgIpc) is 2.68. The molecule has 0 N–H and O–H groups in total. The molecule has 1 heterocycles. The first-order chi connectivity index (χ1) is 7.72. The lowest BCUT2D eigenvalue weighted by molar-refractivity contribution is 0.180. The lowest BCUT2D eigenvalue weighted by Gasteiger charge is -2.24. The van der Waals surface area contributed by atoms with E-state index in [0.29, 0.717) is 30.8 Å². The second-order valence-electron chi connectivity index (χ2n) is 3.51. The van der Waals surface area contributed by atoms with Gasteiger partial charge in [-0.2, -0.15) is 0 Å². The minimum absolute atomic E-state index is 0.208. The van der Waals surface area contributed by atoms with Gasteiger partial charge in [-0.15, -0.1) is 16.7 Å². The number of halogens is 1. The van der Waals surface area contributed by atoms with Crippen LogP contribution in [-0.2, 0) is 11.2 Å². The van der Waals surface area contributed by atoms with Crippen LogP contribution in [0.25, 0.3) is 0 Å². The molecule has 0 saturated carbocycles. The molecule has 1 atom stereocenters. The Morgan fingerprint density at radius 3 is 2.81 bits per heavy atom. The molecule has 0 radical (unpaired) electrons. The van der Waals surface area contributed by atoms with Crippen LogP contribution in [0.5, 0.6) is 0 Å². The molecule has 0 aliphatic heterocycles. The van der Waals surface area contributed by atoms with Crippen molar-refractivity contribution in [3.05, 3.63) is 5.89 Å². The maximum Gasteiger partial charge on any atom is 0.318 e. The Kier molecular flexibility index (Phi) is 5.55. The van der Waals surface area contributed by atoms with Gasteiger partial charge in [-0.1, -0.05) is 5.10 Å². The third-order valence-corrected chi connectivity index (χ3v) is 2.48. The Balaban J connectivity index is 2.70. The van der Waals surface area contributed by atoms with E-state index in [4.69, 9.17) is 20.8 Å². The van der Waals surface area contributed by atoms with Crippen LogP contribution in [0.4, 0.5) is 6.01 Å². The van der Waals surface area contributed by atoms with Crippen LogP contribution in [0.3, 0.4) is 0 Å². The maximum atomic E-state index is 5.61. The first-order valence-electron chi connectivity index (χ1n) is 5.36. The summed E-state index contributed by atoms with van der Waals surface area (Å²) in [4.78, 5) is 2.01. The van der Waals surface area contributed by atoms with Gasteiger partial charge >= 0.3 is 6.01 Å². The number of rotatable bonds is 7. The molecule has 16 heavy (non-hydrogen) atoms. The number of aryl methyl sites for hydroxylation is 1. The summed E-state index contributed by atoms with van der Waals surface area (Å²) in [6.07, 6.45) is 0.602. The third-order valence-electron chi connectivity index (χ3n) is 2.29. The summed E-state index contributed by atoms with van der Waals surface area (Å²) in [5, 5.41) is 7.94. The van der Waals surface area contributed by atoms with Gasteiger partial charge in [0, 0.05) is 26.0 Å². The van der Waals surface area contributed by atoms with Crippen LogP contribution >= 0.6 is 11.6 Å². The monoisotopic (exact) mass is 247 g/mol. The molecule has 0 aromatic carbocycles. The van der Waals surface area contributed by atoms with Crippen molar-refractivity contribution in [3.63, 3.8) is 0 Å². The van der Waals surface area contributed by atoms with E-state index in [2.05, 4.69) is 17.1 Å². The summed E-state index contributed by atoms with van der Waals surface area (Å²) in [6.45, 7) is 5.52. The van der Waals surface area contributed by atoms with Crippen molar-refractivity contribution in [1.29, 1.82) is 0 Å². The fraction of sp³-hybridized carbons (Fsp3) is 0.800. The standard InChI is InChI=1S/C10H18ClN3O2/c1-4-14(8(2)7-15-3)10-13-12-9(16-10)5-6-11/h8H,4-7H2,1-3H3. The van der Waals surface area contributed by atoms with E-state index in [1.807, 2.05) is 11.8 Å². The van der Waals surface area contributed by atoms with E-state index in [9.17, 15) is 0 Å². The van der Waals surface area contributed by atoms with E-state index >= 15 is 0 Å². The Bertz CT molecular complexity index is 306. The Morgan fingerprint density at radius 1 is 1.50 bits per heavy atom. The van der Waals surface area contributed by atoms with E-state index in [1.54, 1.807) is 7.11 Å². The number of ether oxygens (including phenoxy) is 1. The molecular formula is C10H18ClN3O2. The number of aromatic nitrogens is 2. The van der Waals surface area contributed by atoms with Gasteiger partial charge in [0.15, 0.2) is 0 Å². The van der Waals surface area contributed by atoms with Crippen molar-refractivity contribution in [2.75, 3.05) is 31.0 Å². The van der Waals surface area contributed by atoms with Crippen molar-refractivity contribution in [1.82, 2.24) is 10.2 Å². The van der Waals surface area contributed by atoms with Crippen LogP contribution in [0.2, 0.25) is 0 Å². The summed E-state index contributed by atoms with van der Waals surface area (Å²) in [5.41, 5.74) is 0. The zero-order valence-electron chi connectivity index (χ0n) is 9.94. The van der Waals surface area contributed by atoms with E-state index < -0.39 is 0 Å². The Morgan fingerprint density at radius 2 is 2.25 bits per heavy atom. The normalized spacial score (nSPS) is 12.8. The molecule has 0 aliphatic rings. The topological polar surface area (TPSA) is 51.4 Å². The molecule has 0 aliphatic carbocycles. The first-order valence-corrected chi connectivity index (χ1v) is 5.90. The highest BCUT2D eigenvalue weighted by Gasteiger charge is 2.18. The van der Waals surface area contributed by atoms with Crippen molar-refractivity contribution in [2.24, 2.45) is 0 Å².